The fourth-order valence-corrected chi connectivity index (χ4v) is 5.84. The molecule has 0 unspecified atom stereocenters. The van der Waals surface area contributed by atoms with E-state index in [4.69, 9.17) is 16.3 Å². The number of carbonyl (C=O) groups excluding carboxylic acids is 1. The maximum Gasteiger partial charge on any atom is 0.264 e. The predicted octanol–water partition coefficient (Wildman–Crippen LogP) is 4.98. The monoisotopic (exact) mass is 518 g/mol. The van der Waals surface area contributed by atoms with Gasteiger partial charge in [-0.3, -0.25) is 9.10 Å². The van der Waals surface area contributed by atoms with E-state index in [2.05, 4.69) is 5.32 Å². The summed E-state index contributed by atoms with van der Waals surface area (Å²) in [6.07, 6.45) is 0.761. The number of carbonyl (C=O) groups is 1. The minimum atomic E-state index is -3.95. The van der Waals surface area contributed by atoms with E-state index in [1.54, 1.807) is 54.2 Å². The summed E-state index contributed by atoms with van der Waals surface area (Å²) >= 11 is 7.91. The van der Waals surface area contributed by atoms with Gasteiger partial charge in [-0.05, 0) is 60.2 Å². The van der Waals surface area contributed by atoms with Crippen LogP contribution in [0.2, 0.25) is 5.02 Å². The van der Waals surface area contributed by atoms with Crippen LogP contribution < -0.4 is 14.4 Å². The predicted molar refractivity (Wildman–Crippen MR) is 139 cm³/mol. The van der Waals surface area contributed by atoms with Gasteiger partial charge in [-0.25, -0.2) is 8.42 Å². The molecule has 0 aromatic heterocycles. The molecule has 0 aliphatic carbocycles. The van der Waals surface area contributed by atoms with Crippen LogP contribution in [-0.4, -0.2) is 40.3 Å². The molecule has 3 aromatic carbocycles. The van der Waals surface area contributed by atoms with Crippen molar-refractivity contribution in [1.82, 2.24) is 5.32 Å². The highest BCUT2D eigenvalue weighted by molar-refractivity contribution is 7.98. The maximum absolute atomic E-state index is 13.3. The van der Waals surface area contributed by atoms with Gasteiger partial charge in [-0.1, -0.05) is 48.0 Å². The minimum absolute atomic E-state index is 0.0842. The summed E-state index contributed by atoms with van der Waals surface area (Å²) in [5.41, 5.74) is 1.50. The third-order valence-corrected chi connectivity index (χ3v) is 8.23. The van der Waals surface area contributed by atoms with Gasteiger partial charge in [0.2, 0.25) is 5.91 Å². The molecule has 0 saturated carbocycles. The van der Waals surface area contributed by atoms with E-state index in [1.807, 2.05) is 24.3 Å². The van der Waals surface area contributed by atoms with E-state index in [-0.39, 0.29) is 17.3 Å². The Morgan fingerprint density at radius 1 is 1.00 bits per heavy atom. The second-order valence-corrected chi connectivity index (χ2v) is 10.7. The third-order valence-electron chi connectivity index (χ3n) is 4.98. The van der Waals surface area contributed by atoms with Crippen molar-refractivity contribution in [3.8, 4) is 5.75 Å². The molecule has 1 amide bonds. The average Bonchev–Trinajstić information content (AvgIpc) is 2.86. The van der Waals surface area contributed by atoms with Crippen LogP contribution in [0.5, 0.6) is 5.75 Å². The number of ether oxygens (including phenoxy) is 1. The SMILES string of the molecule is COc1ccc(S(=O)(=O)N(CC(=O)NCCCSCc2ccccc2Cl)c2ccccc2)cc1. The molecule has 0 saturated heterocycles. The molecule has 9 heteroatoms. The van der Waals surface area contributed by atoms with Crippen LogP contribution in [0.3, 0.4) is 0 Å². The van der Waals surface area contributed by atoms with Crippen molar-refractivity contribution in [3.63, 3.8) is 0 Å². The molecule has 1 N–H and O–H groups in total. The summed E-state index contributed by atoms with van der Waals surface area (Å²) in [5, 5.41) is 3.58. The molecule has 0 radical (unpaired) electrons. The standard InChI is InChI=1S/C25H27ClN2O4S2/c1-32-22-12-14-23(15-13-22)34(30,31)28(21-9-3-2-4-10-21)18-25(29)27-16-7-17-33-19-20-8-5-6-11-24(20)26/h2-6,8-15H,7,16-19H2,1H3,(H,27,29). The minimum Gasteiger partial charge on any atom is -0.497 e. The van der Waals surface area contributed by atoms with Crippen LogP contribution in [0.15, 0.2) is 83.8 Å². The highest BCUT2D eigenvalue weighted by Crippen LogP contribution is 2.25. The normalized spacial score (nSPS) is 11.1. The Morgan fingerprint density at radius 2 is 1.68 bits per heavy atom. The van der Waals surface area contributed by atoms with E-state index in [1.165, 1.54) is 19.2 Å². The topological polar surface area (TPSA) is 75.7 Å². The van der Waals surface area contributed by atoms with E-state index in [9.17, 15) is 13.2 Å². The van der Waals surface area contributed by atoms with Gasteiger partial charge in [0.15, 0.2) is 0 Å². The Kier molecular flexibility index (Phi) is 9.68. The summed E-state index contributed by atoms with van der Waals surface area (Å²) in [4.78, 5) is 12.7. The van der Waals surface area contributed by atoms with Crippen molar-refractivity contribution in [2.24, 2.45) is 0 Å². The number of hydrogen-bond donors (Lipinski definition) is 1. The number of rotatable bonds is 12. The molecule has 0 atom stereocenters. The first-order chi connectivity index (χ1) is 16.4. The number of benzene rings is 3. The largest absolute Gasteiger partial charge is 0.497 e. The zero-order valence-electron chi connectivity index (χ0n) is 18.8. The van der Waals surface area contributed by atoms with Gasteiger partial charge in [0, 0.05) is 17.3 Å². The summed E-state index contributed by atoms with van der Waals surface area (Å²) in [7, 11) is -2.43. The fraction of sp³-hybridized carbons (Fsp3) is 0.240. The molecule has 6 nitrogen and oxygen atoms in total. The second-order valence-electron chi connectivity index (χ2n) is 7.37. The van der Waals surface area contributed by atoms with E-state index in [0.717, 1.165) is 32.8 Å². The lowest BCUT2D eigenvalue weighted by Gasteiger charge is -2.24. The van der Waals surface area contributed by atoms with Crippen molar-refractivity contribution < 1.29 is 17.9 Å². The van der Waals surface area contributed by atoms with Gasteiger partial charge < -0.3 is 10.1 Å². The number of hydrogen-bond acceptors (Lipinski definition) is 5. The zero-order valence-corrected chi connectivity index (χ0v) is 21.2. The number of thioether (sulfide) groups is 1. The number of amides is 1. The summed E-state index contributed by atoms with van der Waals surface area (Å²) in [6.45, 7) is 0.144. The summed E-state index contributed by atoms with van der Waals surface area (Å²) in [6, 6.07) is 22.4. The van der Waals surface area contributed by atoms with Crippen molar-refractivity contribution in [2.45, 2.75) is 17.1 Å². The van der Waals surface area contributed by atoms with Gasteiger partial charge in [-0.2, -0.15) is 11.8 Å². The Bertz CT molecular complexity index is 1170. The highest BCUT2D eigenvalue weighted by Gasteiger charge is 2.27. The number of nitrogens with zero attached hydrogens (tertiary/aromatic N) is 1. The number of nitrogens with one attached hydrogen (secondary N) is 1. The number of halogens is 1. The molecular weight excluding hydrogens is 492 g/mol. The number of methoxy groups -OCH3 is 1. The molecule has 0 spiro atoms. The zero-order chi connectivity index (χ0) is 24.4. The number of anilines is 1. The van der Waals surface area contributed by atoms with Crippen molar-refractivity contribution in [2.75, 3.05) is 30.3 Å². The van der Waals surface area contributed by atoms with Crippen LogP contribution >= 0.6 is 23.4 Å². The van der Waals surface area contributed by atoms with Crippen LogP contribution in [0.1, 0.15) is 12.0 Å². The lowest BCUT2D eigenvalue weighted by atomic mass is 10.2. The summed E-state index contributed by atoms with van der Waals surface area (Å²) < 4.78 is 32.9. The maximum atomic E-state index is 13.3. The van der Waals surface area contributed by atoms with Gasteiger partial charge in [0.05, 0.1) is 17.7 Å². The molecule has 0 aliphatic rings. The molecule has 34 heavy (non-hydrogen) atoms. The van der Waals surface area contributed by atoms with E-state index in [0.29, 0.717) is 18.0 Å². The number of para-hydroxylation sites is 1. The van der Waals surface area contributed by atoms with E-state index < -0.39 is 10.0 Å². The molecule has 3 aromatic rings. The quantitative estimate of drug-likeness (QED) is 0.342. The van der Waals surface area contributed by atoms with Gasteiger partial charge in [-0.15, -0.1) is 0 Å². The van der Waals surface area contributed by atoms with Crippen LogP contribution in [0.4, 0.5) is 5.69 Å². The van der Waals surface area contributed by atoms with Crippen LogP contribution in [0.25, 0.3) is 0 Å². The van der Waals surface area contributed by atoms with Gasteiger partial charge in [0.1, 0.15) is 12.3 Å². The Morgan fingerprint density at radius 3 is 2.35 bits per heavy atom. The van der Waals surface area contributed by atoms with Gasteiger partial charge in [0.25, 0.3) is 10.0 Å². The Balaban J connectivity index is 1.57. The second kappa shape index (κ2) is 12.7. The van der Waals surface area contributed by atoms with Crippen molar-refractivity contribution in [3.05, 3.63) is 89.4 Å². The average molecular weight is 519 g/mol. The van der Waals surface area contributed by atoms with Crippen molar-refractivity contribution in [1.29, 1.82) is 0 Å². The molecule has 0 bridgehead atoms. The molecule has 0 heterocycles. The summed E-state index contributed by atoms with van der Waals surface area (Å²) in [5.74, 6) is 1.83. The number of sulfonamides is 1. The van der Waals surface area contributed by atoms with Crippen LogP contribution in [0, 0.1) is 0 Å². The lowest BCUT2D eigenvalue weighted by molar-refractivity contribution is -0.119. The molecular formula is C25H27ClN2O4S2. The van der Waals surface area contributed by atoms with E-state index >= 15 is 0 Å². The lowest BCUT2D eigenvalue weighted by Crippen LogP contribution is -2.41. The molecule has 0 fully saturated rings. The van der Waals surface area contributed by atoms with Crippen molar-refractivity contribution >= 4 is 45.0 Å². The smallest absolute Gasteiger partial charge is 0.264 e. The van der Waals surface area contributed by atoms with Crippen LogP contribution in [-0.2, 0) is 20.6 Å². The Labute approximate surface area is 210 Å². The molecule has 0 aliphatic heterocycles. The first kappa shape index (κ1) is 25.9. The Hall–Kier alpha value is -2.68. The highest BCUT2D eigenvalue weighted by atomic mass is 35.5. The first-order valence-corrected chi connectivity index (χ1v) is 13.7. The first-order valence-electron chi connectivity index (χ1n) is 10.7. The fourth-order valence-electron chi connectivity index (χ4n) is 3.17. The molecule has 3 rings (SSSR count). The third kappa shape index (κ3) is 7.16. The molecule has 180 valence electrons. The van der Waals surface area contributed by atoms with Gasteiger partial charge >= 0.3 is 0 Å².